The number of benzene rings is 1. The van der Waals surface area contributed by atoms with Crippen LogP contribution in [0.3, 0.4) is 0 Å². The Bertz CT molecular complexity index is 659. The topological polar surface area (TPSA) is 48.1 Å². The van der Waals surface area contributed by atoms with Crippen molar-refractivity contribution >= 4 is 0 Å². The molecular formula is C16H15FN2O. The highest BCUT2D eigenvalue weighted by Gasteiger charge is 2.02. The molecule has 4 heteroatoms. The van der Waals surface area contributed by atoms with Gasteiger partial charge in [-0.05, 0) is 36.8 Å². The van der Waals surface area contributed by atoms with Crippen LogP contribution in [-0.2, 0) is 6.61 Å². The highest BCUT2D eigenvalue weighted by Crippen LogP contribution is 2.20. The molecule has 1 aromatic carbocycles. The Morgan fingerprint density at radius 1 is 1.30 bits per heavy atom. The third kappa shape index (κ3) is 3.81. The number of aryl methyl sites for hydroxylation is 1. The Balaban J connectivity index is 2.06. The van der Waals surface area contributed by atoms with Crippen molar-refractivity contribution in [2.45, 2.75) is 13.5 Å². The maximum atomic E-state index is 13.0. The van der Waals surface area contributed by atoms with Gasteiger partial charge in [0, 0.05) is 17.3 Å². The van der Waals surface area contributed by atoms with Gasteiger partial charge in [-0.3, -0.25) is 4.98 Å². The van der Waals surface area contributed by atoms with Crippen LogP contribution in [0.1, 0.15) is 16.7 Å². The molecule has 0 atom stereocenters. The Kier molecular flexibility index (Phi) is 4.70. The minimum atomic E-state index is -0.366. The number of nitrogens with two attached hydrogens (primary N) is 1. The predicted molar refractivity (Wildman–Crippen MR) is 75.6 cm³/mol. The van der Waals surface area contributed by atoms with Gasteiger partial charge in [0.2, 0.25) is 0 Å². The summed E-state index contributed by atoms with van der Waals surface area (Å²) >= 11 is 0. The molecule has 0 spiro atoms. The van der Waals surface area contributed by atoms with Crippen LogP contribution >= 0.6 is 0 Å². The molecule has 0 fully saturated rings. The first-order valence-electron chi connectivity index (χ1n) is 6.21. The van der Waals surface area contributed by atoms with Gasteiger partial charge in [0.25, 0.3) is 0 Å². The molecule has 1 heterocycles. The largest absolute Gasteiger partial charge is 0.489 e. The number of ether oxygens (including phenoxy) is 1. The van der Waals surface area contributed by atoms with E-state index in [1.165, 1.54) is 12.3 Å². The molecule has 1 aromatic heterocycles. The van der Waals surface area contributed by atoms with Crippen molar-refractivity contribution < 1.29 is 9.13 Å². The monoisotopic (exact) mass is 270 g/mol. The van der Waals surface area contributed by atoms with E-state index in [0.29, 0.717) is 12.1 Å². The van der Waals surface area contributed by atoms with E-state index in [9.17, 15) is 4.39 Å². The quantitative estimate of drug-likeness (QED) is 0.871. The normalized spacial score (nSPS) is 9.75. The summed E-state index contributed by atoms with van der Waals surface area (Å²) < 4.78 is 18.7. The van der Waals surface area contributed by atoms with E-state index in [-0.39, 0.29) is 12.4 Å². The lowest BCUT2D eigenvalue weighted by atomic mass is 10.1. The number of nitrogens with zero attached hydrogens (tertiary/aromatic N) is 1. The molecule has 0 saturated carbocycles. The number of halogens is 1. The lowest BCUT2D eigenvalue weighted by Gasteiger charge is -2.09. The molecule has 20 heavy (non-hydrogen) atoms. The fraction of sp³-hybridized carbons (Fsp3) is 0.188. The summed E-state index contributed by atoms with van der Waals surface area (Å²) in [6, 6.07) is 7.06. The fourth-order valence-corrected chi connectivity index (χ4v) is 1.74. The number of hydrogen-bond donors (Lipinski definition) is 1. The first-order chi connectivity index (χ1) is 9.69. The maximum absolute atomic E-state index is 13.0. The Morgan fingerprint density at radius 2 is 2.15 bits per heavy atom. The summed E-state index contributed by atoms with van der Waals surface area (Å²) in [4.78, 5) is 3.78. The summed E-state index contributed by atoms with van der Waals surface area (Å²) in [5.41, 5.74) is 7.89. The molecule has 0 radical (unpaired) electrons. The highest BCUT2D eigenvalue weighted by molar-refractivity contribution is 5.43. The van der Waals surface area contributed by atoms with Crippen LogP contribution in [0, 0.1) is 24.6 Å². The lowest BCUT2D eigenvalue weighted by molar-refractivity contribution is 0.303. The van der Waals surface area contributed by atoms with Crippen molar-refractivity contribution in [3.63, 3.8) is 0 Å². The van der Waals surface area contributed by atoms with Crippen LogP contribution in [0.2, 0.25) is 0 Å². The highest BCUT2D eigenvalue weighted by atomic mass is 19.1. The van der Waals surface area contributed by atoms with E-state index in [1.807, 2.05) is 25.1 Å². The molecule has 2 aromatic rings. The zero-order valence-corrected chi connectivity index (χ0v) is 11.2. The lowest BCUT2D eigenvalue weighted by Crippen LogP contribution is -1.98. The molecule has 0 amide bonds. The molecular weight excluding hydrogens is 255 g/mol. The summed E-state index contributed by atoms with van der Waals surface area (Å²) in [5, 5.41) is 0. The molecule has 102 valence electrons. The minimum Gasteiger partial charge on any atom is -0.489 e. The molecule has 3 nitrogen and oxygen atoms in total. The van der Waals surface area contributed by atoms with E-state index in [1.54, 1.807) is 6.20 Å². The molecule has 0 aliphatic rings. The van der Waals surface area contributed by atoms with Crippen LogP contribution in [-0.4, -0.2) is 11.5 Å². The average molecular weight is 270 g/mol. The Labute approximate surface area is 117 Å². The van der Waals surface area contributed by atoms with Gasteiger partial charge in [-0.2, -0.15) is 0 Å². The van der Waals surface area contributed by atoms with Crippen LogP contribution in [0.15, 0.2) is 36.7 Å². The third-order valence-electron chi connectivity index (χ3n) is 2.67. The second-order valence-electron chi connectivity index (χ2n) is 4.29. The second kappa shape index (κ2) is 6.69. The number of rotatable bonds is 3. The molecule has 2 N–H and O–H groups in total. The molecule has 0 bridgehead atoms. The first-order valence-corrected chi connectivity index (χ1v) is 6.21. The van der Waals surface area contributed by atoms with Gasteiger partial charge in [-0.1, -0.05) is 11.8 Å². The van der Waals surface area contributed by atoms with Crippen LogP contribution in [0.25, 0.3) is 0 Å². The molecule has 2 rings (SSSR count). The van der Waals surface area contributed by atoms with Crippen molar-refractivity contribution in [1.29, 1.82) is 0 Å². The van der Waals surface area contributed by atoms with Gasteiger partial charge in [-0.15, -0.1) is 0 Å². The summed E-state index contributed by atoms with van der Waals surface area (Å²) in [7, 11) is 0. The first kappa shape index (κ1) is 14.0. The van der Waals surface area contributed by atoms with Crippen LogP contribution < -0.4 is 10.5 Å². The van der Waals surface area contributed by atoms with Gasteiger partial charge < -0.3 is 10.5 Å². The predicted octanol–water partition coefficient (Wildman–Crippen LogP) is 2.42. The van der Waals surface area contributed by atoms with E-state index >= 15 is 0 Å². The van der Waals surface area contributed by atoms with Gasteiger partial charge in [0.15, 0.2) is 0 Å². The minimum absolute atomic E-state index is 0.277. The van der Waals surface area contributed by atoms with E-state index in [0.717, 1.165) is 16.9 Å². The maximum Gasteiger partial charge on any atom is 0.141 e. The summed E-state index contributed by atoms with van der Waals surface area (Å²) in [6.45, 7) is 2.55. The smallest absolute Gasteiger partial charge is 0.141 e. The van der Waals surface area contributed by atoms with Crippen LogP contribution in [0.4, 0.5) is 4.39 Å². The fourth-order valence-electron chi connectivity index (χ4n) is 1.74. The molecule has 0 unspecified atom stereocenters. The molecule has 0 aliphatic carbocycles. The van der Waals surface area contributed by atoms with Crippen molar-refractivity contribution in [3.05, 3.63) is 59.2 Å². The van der Waals surface area contributed by atoms with Crippen LogP contribution in [0.5, 0.6) is 5.75 Å². The third-order valence-corrected chi connectivity index (χ3v) is 2.67. The van der Waals surface area contributed by atoms with Gasteiger partial charge in [0.05, 0.1) is 12.7 Å². The molecule has 0 aliphatic heterocycles. The second-order valence-corrected chi connectivity index (χ2v) is 4.29. The van der Waals surface area contributed by atoms with E-state index in [2.05, 4.69) is 16.8 Å². The number of aromatic nitrogens is 1. The zero-order chi connectivity index (χ0) is 14.4. The van der Waals surface area contributed by atoms with Gasteiger partial charge in [0.1, 0.15) is 18.2 Å². The van der Waals surface area contributed by atoms with Crippen molar-refractivity contribution in [3.8, 4) is 17.6 Å². The standard InChI is InChI=1S/C16H15FN2O/c1-12-7-13(3-2-6-18)4-5-16(12)20-11-14-8-15(17)10-19-9-14/h4-5,7-10H,6,11,18H2,1H3. The Hall–Kier alpha value is -2.38. The summed E-state index contributed by atoms with van der Waals surface area (Å²) in [5.74, 6) is 6.14. The summed E-state index contributed by atoms with van der Waals surface area (Å²) in [6.07, 6.45) is 2.75. The number of hydrogen-bond acceptors (Lipinski definition) is 3. The van der Waals surface area contributed by atoms with Crippen molar-refractivity contribution in [1.82, 2.24) is 4.98 Å². The van der Waals surface area contributed by atoms with E-state index < -0.39 is 0 Å². The Morgan fingerprint density at radius 3 is 2.85 bits per heavy atom. The van der Waals surface area contributed by atoms with Crippen molar-refractivity contribution in [2.75, 3.05) is 6.54 Å². The van der Waals surface area contributed by atoms with Gasteiger partial charge in [-0.25, -0.2) is 4.39 Å². The van der Waals surface area contributed by atoms with Gasteiger partial charge >= 0.3 is 0 Å². The zero-order valence-electron chi connectivity index (χ0n) is 11.2. The van der Waals surface area contributed by atoms with Crippen molar-refractivity contribution in [2.24, 2.45) is 5.73 Å². The SMILES string of the molecule is Cc1cc(C#CCN)ccc1OCc1cncc(F)c1. The van der Waals surface area contributed by atoms with E-state index in [4.69, 9.17) is 10.5 Å². The molecule has 0 saturated heterocycles. The average Bonchev–Trinajstić information content (AvgIpc) is 2.44. The number of pyridine rings is 1.